The highest BCUT2D eigenvalue weighted by atomic mass is 16.4. The number of carboxylic acids is 2. The number of nitrogens with one attached hydrogen (secondary N) is 4. The Hall–Kier alpha value is -4.81. The summed E-state index contributed by atoms with van der Waals surface area (Å²) in [7, 11) is 0. The topological polar surface area (TPSA) is 321 Å². The number of phenolic OH excluding ortho intramolecular Hbond substituents is 1. The number of carbonyl (C=O) groups is 7. The normalized spacial score (nSPS) is 15.7. The number of amides is 5. The molecule has 0 saturated carbocycles. The molecular formula is C25H36N6O12. The summed E-state index contributed by atoms with van der Waals surface area (Å²) in [5, 5.41) is 55.7. The van der Waals surface area contributed by atoms with E-state index in [0.29, 0.717) is 5.56 Å². The van der Waals surface area contributed by atoms with Gasteiger partial charge in [-0.3, -0.25) is 28.8 Å². The zero-order valence-corrected chi connectivity index (χ0v) is 23.2. The van der Waals surface area contributed by atoms with E-state index in [9.17, 15) is 59.1 Å². The summed E-state index contributed by atoms with van der Waals surface area (Å²) in [5.41, 5.74) is 11.1. The molecule has 1 aromatic rings. The summed E-state index contributed by atoms with van der Waals surface area (Å²) in [6.07, 6.45) is -5.05. The summed E-state index contributed by atoms with van der Waals surface area (Å²) in [4.78, 5) is 85.9. The molecule has 0 aliphatic carbocycles. The average molecular weight is 613 g/mol. The maximum atomic E-state index is 13.2. The smallest absolute Gasteiger partial charge is 0.328 e. The number of carboxylic acid groups (broad SMARTS) is 2. The maximum Gasteiger partial charge on any atom is 0.328 e. The van der Waals surface area contributed by atoms with Crippen molar-refractivity contribution < 1.29 is 59.1 Å². The minimum atomic E-state index is -1.82. The van der Waals surface area contributed by atoms with E-state index in [0.717, 1.165) is 6.92 Å². The molecule has 0 saturated heterocycles. The first-order chi connectivity index (χ1) is 19.9. The van der Waals surface area contributed by atoms with Gasteiger partial charge in [0.1, 0.15) is 29.9 Å². The molecule has 1 rings (SSSR count). The lowest BCUT2D eigenvalue weighted by atomic mass is 10.0. The third kappa shape index (κ3) is 12.3. The van der Waals surface area contributed by atoms with Crippen molar-refractivity contribution in [3.05, 3.63) is 29.8 Å². The number of rotatable bonds is 17. The molecule has 0 bridgehead atoms. The van der Waals surface area contributed by atoms with Gasteiger partial charge in [-0.15, -0.1) is 0 Å². The van der Waals surface area contributed by atoms with Crippen LogP contribution >= 0.6 is 0 Å². The summed E-state index contributed by atoms with van der Waals surface area (Å²) < 4.78 is 0. The highest BCUT2D eigenvalue weighted by Crippen LogP contribution is 2.12. The monoisotopic (exact) mass is 612 g/mol. The van der Waals surface area contributed by atoms with Crippen molar-refractivity contribution in [2.75, 3.05) is 0 Å². The van der Waals surface area contributed by atoms with Gasteiger partial charge >= 0.3 is 11.9 Å². The highest BCUT2D eigenvalue weighted by molar-refractivity contribution is 5.98. The van der Waals surface area contributed by atoms with E-state index in [-0.39, 0.29) is 12.2 Å². The Morgan fingerprint density at radius 3 is 1.63 bits per heavy atom. The summed E-state index contributed by atoms with van der Waals surface area (Å²) >= 11 is 0. The zero-order valence-electron chi connectivity index (χ0n) is 23.2. The molecule has 43 heavy (non-hydrogen) atoms. The summed E-state index contributed by atoms with van der Waals surface area (Å²) in [6, 6.07) is -3.18. The van der Waals surface area contributed by atoms with Crippen LogP contribution in [0.4, 0.5) is 0 Å². The third-order valence-electron chi connectivity index (χ3n) is 5.93. The van der Waals surface area contributed by atoms with E-state index < -0.39 is 96.7 Å². The van der Waals surface area contributed by atoms with Gasteiger partial charge in [-0.05, 0) is 31.5 Å². The zero-order chi connectivity index (χ0) is 33.0. The molecule has 18 heteroatoms. The Morgan fingerprint density at radius 1 is 0.721 bits per heavy atom. The van der Waals surface area contributed by atoms with Crippen molar-refractivity contribution in [3.8, 4) is 5.75 Å². The molecule has 0 fully saturated rings. The van der Waals surface area contributed by atoms with Crippen molar-refractivity contribution >= 4 is 41.5 Å². The van der Waals surface area contributed by atoms with Gasteiger partial charge in [-0.25, -0.2) is 4.79 Å². The molecule has 1 aromatic carbocycles. The highest BCUT2D eigenvalue weighted by Gasteiger charge is 2.34. The fourth-order valence-electron chi connectivity index (χ4n) is 3.55. The Bertz CT molecular complexity index is 1190. The number of benzene rings is 1. The molecular weight excluding hydrogens is 576 g/mol. The number of hydrogen-bond acceptors (Lipinski definition) is 11. The molecule has 13 N–H and O–H groups in total. The minimum Gasteiger partial charge on any atom is -0.508 e. The van der Waals surface area contributed by atoms with Crippen molar-refractivity contribution in [2.24, 2.45) is 11.5 Å². The van der Waals surface area contributed by atoms with Crippen LogP contribution in [-0.2, 0) is 40.0 Å². The van der Waals surface area contributed by atoms with E-state index >= 15 is 0 Å². The van der Waals surface area contributed by atoms with Gasteiger partial charge in [0.2, 0.25) is 29.5 Å². The molecule has 2 unspecified atom stereocenters. The van der Waals surface area contributed by atoms with Crippen LogP contribution in [0.2, 0.25) is 0 Å². The second-order valence-electron chi connectivity index (χ2n) is 9.65. The second-order valence-corrected chi connectivity index (χ2v) is 9.65. The van der Waals surface area contributed by atoms with Gasteiger partial charge in [0.25, 0.3) is 0 Å². The van der Waals surface area contributed by atoms with Gasteiger partial charge in [0.05, 0.1) is 25.0 Å². The van der Waals surface area contributed by atoms with Crippen LogP contribution < -0.4 is 32.7 Å². The predicted molar refractivity (Wildman–Crippen MR) is 145 cm³/mol. The minimum absolute atomic E-state index is 0.115. The number of aliphatic carboxylic acids is 2. The lowest BCUT2D eigenvalue weighted by molar-refractivity contribution is -0.145. The number of phenols is 1. The van der Waals surface area contributed by atoms with E-state index in [1.54, 1.807) is 0 Å². The molecule has 0 aliphatic heterocycles. The molecule has 0 spiro atoms. The number of primary amides is 1. The first-order valence-electron chi connectivity index (χ1n) is 12.8. The number of aromatic hydroxyl groups is 1. The quantitative estimate of drug-likeness (QED) is 0.0790. The second kappa shape index (κ2) is 16.6. The van der Waals surface area contributed by atoms with Gasteiger partial charge in [-0.2, -0.15) is 0 Å². The Kier molecular flexibility index (Phi) is 14.0. The van der Waals surface area contributed by atoms with Gasteiger partial charge in [-0.1, -0.05) is 12.1 Å². The van der Waals surface area contributed by atoms with Gasteiger partial charge < -0.3 is 58.3 Å². The van der Waals surface area contributed by atoms with Gasteiger partial charge in [0.15, 0.2) is 6.04 Å². The molecule has 0 aromatic heterocycles. The van der Waals surface area contributed by atoms with E-state index in [4.69, 9.17) is 11.5 Å². The lowest BCUT2D eigenvalue weighted by Crippen LogP contribution is -2.60. The third-order valence-corrected chi connectivity index (χ3v) is 5.93. The molecule has 7 atom stereocenters. The van der Waals surface area contributed by atoms with Crippen molar-refractivity contribution in [3.63, 3.8) is 0 Å². The van der Waals surface area contributed by atoms with Crippen LogP contribution in [0.25, 0.3) is 0 Å². The van der Waals surface area contributed by atoms with Crippen molar-refractivity contribution in [1.29, 1.82) is 0 Å². The van der Waals surface area contributed by atoms with E-state index in [2.05, 4.69) is 16.0 Å². The van der Waals surface area contributed by atoms with Crippen LogP contribution in [0.1, 0.15) is 32.3 Å². The molecule has 5 amide bonds. The van der Waals surface area contributed by atoms with Crippen molar-refractivity contribution in [1.82, 2.24) is 21.3 Å². The summed E-state index contributed by atoms with van der Waals surface area (Å²) in [6.45, 7) is 2.28. The molecule has 0 aliphatic rings. The Morgan fingerprint density at radius 2 is 1.19 bits per heavy atom. The Balaban J connectivity index is 3.29. The summed E-state index contributed by atoms with van der Waals surface area (Å²) in [5.74, 6) is -8.96. The first-order valence-corrected chi connectivity index (χ1v) is 12.8. The number of hydrogen-bond donors (Lipinski definition) is 11. The van der Waals surface area contributed by atoms with Crippen LogP contribution in [0, 0.1) is 0 Å². The predicted octanol–water partition coefficient (Wildman–Crippen LogP) is -4.60. The maximum absolute atomic E-state index is 13.2. The molecule has 18 nitrogen and oxygen atoms in total. The number of carbonyl (C=O) groups excluding carboxylic acids is 5. The SMILES string of the molecule is CC(O)[C@H](N)C(=O)N[C@@H](CC(=O)O)C(=O)N[C@@H](CC(N)=O)C(=O)N[C@@H](Cc1ccc(O)cc1)C(=O)N[C@H](C(=O)O)C(C)O. The van der Waals surface area contributed by atoms with E-state index in [1.165, 1.54) is 31.2 Å². The fourth-order valence-corrected chi connectivity index (χ4v) is 3.55. The fraction of sp³-hybridized carbons (Fsp3) is 0.480. The molecule has 0 radical (unpaired) electrons. The standard InChI is InChI=1S/C25H36N6O12/c1-10(32)19(27)24(41)30-16(9-18(36)37)22(39)29-15(8-17(26)35)21(38)28-14(7-12-3-5-13(34)6-4-12)23(40)31-20(11(2)33)25(42)43/h3-6,10-11,14-16,19-20,32-34H,7-9,27H2,1-2H3,(H2,26,35)(H,28,38)(H,29,39)(H,30,41)(H,31,40)(H,36,37)(H,42,43)/t10?,11?,14-,15-,16-,19-,20-/m0/s1. The first kappa shape index (κ1) is 36.2. The largest absolute Gasteiger partial charge is 0.508 e. The molecule has 0 heterocycles. The van der Waals surface area contributed by atoms with Gasteiger partial charge in [0, 0.05) is 6.42 Å². The molecule has 238 valence electrons. The van der Waals surface area contributed by atoms with Crippen LogP contribution in [0.5, 0.6) is 5.75 Å². The van der Waals surface area contributed by atoms with Crippen LogP contribution in [0.3, 0.4) is 0 Å². The average Bonchev–Trinajstić information content (AvgIpc) is 2.89. The number of aliphatic hydroxyl groups excluding tert-OH is 2. The number of aliphatic hydroxyl groups is 2. The van der Waals surface area contributed by atoms with Crippen LogP contribution in [0.15, 0.2) is 24.3 Å². The number of nitrogens with two attached hydrogens (primary N) is 2. The van der Waals surface area contributed by atoms with Crippen molar-refractivity contribution in [2.45, 2.75) is 75.5 Å². The lowest BCUT2D eigenvalue weighted by Gasteiger charge is -2.26. The van der Waals surface area contributed by atoms with Crippen LogP contribution in [-0.4, -0.2) is 109 Å². The Labute approximate surface area is 244 Å². The van der Waals surface area contributed by atoms with E-state index in [1.807, 2.05) is 5.32 Å².